The van der Waals surface area contributed by atoms with Gasteiger partial charge in [0.2, 0.25) is 0 Å². The molecule has 0 fully saturated rings. The van der Waals surface area contributed by atoms with Crippen LogP contribution in [0.2, 0.25) is 0 Å². The second-order valence-corrected chi connectivity index (χ2v) is 21.1. The molecule has 0 radical (unpaired) electrons. The van der Waals surface area contributed by atoms with Crippen molar-refractivity contribution in [3.63, 3.8) is 0 Å². The largest absolute Gasteiger partial charge is 4.00 e. The zero-order valence-corrected chi connectivity index (χ0v) is 46.0. The quantitative estimate of drug-likeness (QED) is 0.111. The van der Waals surface area contributed by atoms with E-state index in [4.69, 9.17) is 6.42 Å². The van der Waals surface area contributed by atoms with Gasteiger partial charge in [-0.3, -0.25) is 5.92 Å². The Hall–Kier alpha value is -8.35. The van der Waals surface area contributed by atoms with Crippen LogP contribution in [0.4, 0.5) is 45.5 Å². The zero-order chi connectivity index (χ0) is 51.8. The van der Waals surface area contributed by atoms with Gasteiger partial charge in [-0.1, -0.05) is 227 Å². The molecule has 5 heteroatoms. The molecule has 0 bridgehead atoms. The molecule has 2 heterocycles. The summed E-state index contributed by atoms with van der Waals surface area (Å²) in [6, 6.07) is 89.9. The molecule has 0 spiro atoms. The molecule has 10 aromatic carbocycles. The minimum absolute atomic E-state index is 0. The topological polar surface area (TPSA) is 13.0 Å². The summed E-state index contributed by atoms with van der Waals surface area (Å²) in [7, 11) is 0. The van der Waals surface area contributed by atoms with Gasteiger partial charge in [-0.05, 0) is 70.2 Å². The normalized spacial score (nSPS) is 14.5. The Morgan fingerprint density at radius 1 is 0.377 bits per heavy atom. The van der Waals surface area contributed by atoms with Crippen LogP contribution in [0.3, 0.4) is 0 Å². The standard InChI is InChI=1S/C56H39N4.C16H19.Pt/c1-5-20-41(21-6-1)47-30-18-31-48(42-22-7-2-8-23-42)55(47)59-39-57(51-34-13-15-36-53(51)59)45-28-17-29-46(38-45)58-40-60(54-37-16-14-35-52(54)58)56-49(43-24-9-3-10-25-43)32-19-33-50(56)44-26-11-4-12-27-44;1-6-12-8-7-9-13-14(12)16(4,5)11-10-15(13,2)3;/h1-37,39-40H;7-9H,10-11H2,2-5H3;/q-3;-1;+4. The fraction of sp³-hybridized carbons (Fsp3) is 0.111. The summed E-state index contributed by atoms with van der Waals surface area (Å²) in [5.41, 5.74) is 22.0. The van der Waals surface area contributed by atoms with E-state index in [2.05, 4.69) is 309 Å². The average molecular weight is 1170 g/mol. The van der Waals surface area contributed by atoms with Crippen molar-refractivity contribution in [2.45, 2.75) is 51.4 Å². The number of benzene rings is 10. The Morgan fingerprint density at radius 3 is 1.08 bits per heavy atom. The molecule has 0 atom stereocenters. The van der Waals surface area contributed by atoms with E-state index in [9.17, 15) is 0 Å². The summed E-state index contributed by atoms with van der Waals surface area (Å²) in [5, 5.41) is 0. The van der Waals surface area contributed by atoms with E-state index >= 15 is 0 Å². The Labute approximate surface area is 470 Å². The van der Waals surface area contributed by atoms with Crippen molar-refractivity contribution in [3.05, 3.63) is 285 Å². The Morgan fingerprint density at radius 2 is 0.701 bits per heavy atom. The fourth-order valence-electron chi connectivity index (χ4n) is 11.5. The van der Waals surface area contributed by atoms with Crippen molar-refractivity contribution in [3.8, 4) is 50.4 Å². The van der Waals surface area contributed by atoms with Crippen molar-refractivity contribution in [2.75, 3.05) is 19.6 Å². The molecular formula is C72H58N4Pt. The third-order valence-electron chi connectivity index (χ3n) is 15.4. The zero-order valence-electron chi connectivity index (χ0n) is 43.8. The van der Waals surface area contributed by atoms with Gasteiger partial charge in [0, 0.05) is 56.4 Å². The van der Waals surface area contributed by atoms with Crippen LogP contribution >= 0.6 is 0 Å². The van der Waals surface area contributed by atoms with Crippen LogP contribution in [0.1, 0.15) is 57.2 Å². The van der Waals surface area contributed by atoms with Gasteiger partial charge in [-0.2, -0.15) is 6.07 Å². The van der Waals surface area contributed by atoms with Crippen molar-refractivity contribution in [2.24, 2.45) is 0 Å². The first kappa shape index (κ1) is 50.8. The van der Waals surface area contributed by atoms with E-state index in [-0.39, 0.29) is 31.9 Å². The summed E-state index contributed by atoms with van der Waals surface area (Å²) in [6.45, 7) is 13.6. The third-order valence-corrected chi connectivity index (χ3v) is 15.4. The number of hydrogen-bond acceptors (Lipinski definition) is 4. The van der Waals surface area contributed by atoms with Crippen molar-refractivity contribution in [1.82, 2.24) is 0 Å². The second kappa shape index (κ2) is 21.3. The summed E-state index contributed by atoms with van der Waals surface area (Å²) >= 11 is 0. The molecule has 0 saturated carbocycles. The van der Waals surface area contributed by atoms with Crippen LogP contribution < -0.4 is 19.6 Å². The summed E-state index contributed by atoms with van der Waals surface area (Å²) in [6.07, 6.45) is 9.84. The minimum Gasteiger partial charge on any atom is -0.493 e. The predicted octanol–water partition coefficient (Wildman–Crippen LogP) is 18.9. The van der Waals surface area contributed by atoms with Crippen LogP contribution in [0.15, 0.2) is 243 Å². The summed E-state index contributed by atoms with van der Waals surface area (Å²) in [4.78, 5) is 9.25. The molecule has 0 amide bonds. The molecule has 0 unspecified atom stereocenters. The van der Waals surface area contributed by atoms with Crippen LogP contribution in [-0.2, 0) is 31.9 Å². The number of hydrogen-bond donors (Lipinski definition) is 0. The Bertz CT molecular complexity index is 3440. The molecule has 376 valence electrons. The van der Waals surface area contributed by atoms with Gasteiger partial charge in [-0.15, -0.1) is 60.1 Å². The van der Waals surface area contributed by atoms with E-state index in [0.717, 1.165) is 73.3 Å². The van der Waals surface area contributed by atoms with Gasteiger partial charge in [0.05, 0.1) is 0 Å². The molecule has 77 heavy (non-hydrogen) atoms. The number of anilines is 8. The number of nitrogens with zero attached hydrogens (tertiary/aromatic N) is 4. The molecule has 13 rings (SSSR count). The maximum absolute atomic E-state index is 7.44. The van der Waals surface area contributed by atoms with E-state index in [1.807, 2.05) is 6.07 Å². The molecule has 0 aromatic heterocycles. The van der Waals surface area contributed by atoms with Crippen LogP contribution in [0.25, 0.3) is 44.5 Å². The van der Waals surface area contributed by atoms with Crippen LogP contribution in [0, 0.1) is 31.7 Å². The first-order valence-corrected chi connectivity index (χ1v) is 26.3. The SMILES string of the molecule is [C-]#Cc1cccc2c1C(C)(C)CCC2(C)C.[Pt+4].[c-]1c(N2[CH-]N(c3c(-c4ccccc4)cccc3-c3ccccc3)c3ccccc32)cccc1N1[CH-]N(c2c(-c3ccccc3)cccc2-c2ccccc2)c2ccccc21. The van der Waals surface area contributed by atoms with Gasteiger partial charge in [0.1, 0.15) is 0 Å². The fourth-order valence-corrected chi connectivity index (χ4v) is 11.5. The summed E-state index contributed by atoms with van der Waals surface area (Å²) < 4.78 is 0. The minimum atomic E-state index is 0. The molecule has 0 N–H and O–H groups in total. The third kappa shape index (κ3) is 9.56. The Balaban J connectivity index is 0.000000319. The van der Waals surface area contributed by atoms with Gasteiger partial charge in [0.25, 0.3) is 0 Å². The number of rotatable bonds is 8. The average Bonchev–Trinajstić information content (AvgIpc) is 4.23. The second-order valence-electron chi connectivity index (χ2n) is 21.1. The van der Waals surface area contributed by atoms with Gasteiger partial charge in [-0.25, -0.2) is 0 Å². The molecule has 10 aromatic rings. The monoisotopic (exact) mass is 1170 g/mol. The van der Waals surface area contributed by atoms with E-state index < -0.39 is 0 Å². The molecule has 2 aliphatic heterocycles. The van der Waals surface area contributed by atoms with Crippen LogP contribution in [-0.4, -0.2) is 0 Å². The van der Waals surface area contributed by atoms with Crippen LogP contribution in [0.5, 0.6) is 0 Å². The molecule has 1 aliphatic carbocycles. The molecule has 3 aliphatic rings. The maximum Gasteiger partial charge on any atom is 4.00 e. The number of fused-ring (bicyclic) bond motifs is 3. The maximum atomic E-state index is 7.44. The molecule has 4 nitrogen and oxygen atoms in total. The van der Waals surface area contributed by atoms with Crippen molar-refractivity contribution in [1.29, 1.82) is 0 Å². The van der Waals surface area contributed by atoms with E-state index in [0.29, 0.717) is 0 Å². The first-order chi connectivity index (χ1) is 37.2. The molecular weight excluding hydrogens is 1120 g/mol. The number of para-hydroxylation sites is 6. The van der Waals surface area contributed by atoms with Crippen molar-refractivity contribution >= 4 is 45.5 Å². The Kier molecular flexibility index (Phi) is 14.1. The predicted molar refractivity (Wildman–Crippen MR) is 318 cm³/mol. The first-order valence-electron chi connectivity index (χ1n) is 26.3. The van der Waals surface area contributed by atoms with Crippen molar-refractivity contribution < 1.29 is 21.1 Å². The summed E-state index contributed by atoms with van der Waals surface area (Å²) in [5.74, 6) is 2.60. The smallest absolute Gasteiger partial charge is 0.493 e. The van der Waals surface area contributed by atoms with Gasteiger partial charge >= 0.3 is 21.1 Å². The van der Waals surface area contributed by atoms with Gasteiger partial charge < -0.3 is 26.0 Å². The van der Waals surface area contributed by atoms with Gasteiger partial charge in [0.15, 0.2) is 0 Å². The molecule has 0 saturated heterocycles. The van der Waals surface area contributed by atoms with E-state index in [1.165, 1.54) is 46.2 Å². The van der Waals surface area contributed by atoms with E-state index in [1.54, 1.807) is 0 Å².